The molecule has 0 aromatic heterocycles. The van der Waals surface area contributed by atoms with Gasteiger partial charge in [-0.05, 0) is 24.6 Å². The number of alkyl halides is 1. The van der Waals surface area contributed by atoms with Crippen molar-refractivity contribution >= 4 is 0 Å². The van der Waals surface area contributed by atoms with Gasteiger partial charge < -0.3 is 0 Å². The molecule has 90 valence electrons. The van der Waals surface area contributed by atoms with Gasteiger partial charge in [0.15, 0.2) is 0 Å². The van der Waals surface area contributed by atoms with Gasteiger partial charge in [0.05, 0.1) is 0 Å². The second-order valence-corrected chi connectivity index (χ2v) is 3.63. The predicted molar refractivity (Wildman–Crippen MR) is 65.9 cm³/mol. The van der Waals surface area contributed by atoms with Crippen molar-refractivity contribution in [3.63, 3.8) is 0 Å². The lowest BCUT2D eigenvalue weighted by Crippen LogP contribution is -2.22. The highest BCUT2D eigenvalue weighted by Gasteiger charge is 2.28. The fourth-order valence-corrected chi connectivity index (χ4v) is 1.25. The maximum Gasteiger partial charge on any atom is 0.132 e. The standard InChI is InChI=1S/C12H14F2.C2H6/c1-4-12(3,14)9(2)10-5-7-11(13)8-6-10;1-2/h4-9H,1H2,2-3H3;1-2H3. The maximum absolute atomic E-state index is 13.8. The zero-order valence-corrected chi connectivity index (χ0v) is 10.4. The second kappa shape index (κ2) is 6.41. The molecule has 0 spiro atoms. The number of hydrogen-bond donors (Lipinski definition) is 0. The van der Waals surface area contributed by atoms with Gasteiger partial charge in [0.25, 0.3) is 0 Å². The van der Waals surface area contributed by atoms with E-state index in [0.29, 0.717) is 0 Å². The number of halogens is 2. The summed E-state index contributed by atoms with van der Waals surface area (Å²) in [6, 6.07) is 5.87. The van der Waals surface area contributed by atoms with Crippen molar-refractivity contribution in [2.24, 2.45) is 0 Å². The molecule has 0 aliphatic carbocycles. The molecule has 0 fully saturated rings. The Kier molecular flexibility index (Phi) is 5.94. The number of rotatable bonds is 3. The molecule has 2 heteroatoms. The van der Waals surface area contributed by atoms with E-state index in [2.05, 4.69) is 6.58 Å². The van der Waals surface area contributed by atoms with Crippen LogP contribution in [0.1, 0.15) is 39.2 Å². The van der Waals surface area contributed by atoms with Gasteiger partial charge in [-0.1, -0.05) is 45.6 Å². The number of allylic oxidation sites excluding steroid dienone is 1. The molecule has 0 aliphatic rings. The van der Waals surface area contributed by atoms with E-state index in [9.17, 15) is 8.78 Å². The molecule has 0 saturated carbocycles. The number of benzene rings is 1. The molecule has 1 aromatic rings. The Labute approximate surface area is 97.0 Å². The average Bonchev–Trinajstić information content (AvgIpc) is 2.32. The molecular weight excluding hydrogens is 206 g/mol. The highest BCUT2D eigenvalue weighted by Crippen LogP contribution is 2.31. The van der Waals surface area contributed by atoms with Crippen LogP contribution in [0.4, 0.5) is 8.78 Å². The van der Waals surface area contributed by atoms with E-state index in [0.717, 1.165) is 5.56 Å². The van der Waals surface area contributed by atoms with E-state index in [1.54, 1.807) is 19.1 Å². The molecular formula is C14H20F2. The zero-order valence-electron chi connectivity index (χ0n) is 10.4. The van der Waals surface area contributed by atoms with Gasteiger partial charge in [-0.3, -0.25) is 0 Å². The molecule has 0 aliphatic heterocycles. The maximum atomic E-state index is 13.8. The zero-order chi connectivity index (χ0) is 12.8. The summed E-state index contributed by atoms with van der Waals surface area (Å²) < 4.78 is 26.4. The Morgan fingerprint density at radius 1 is 1.25 bits per heavy atom. The SMILES string of the molecule is C=CC(C)(F)C(C)c1ccc(F)cc1.CC. The Balaban J connectivity index is 0.00000106. The molecule has 0 amide bonds. The van der Waals surface area contributed by atoms with Crippen molar-refractivity contribution in [2.45, 2.75) is 39.3 Å². The van der Waals surface area contributed by atoms with Gasteiger partial charge in [-0.15, -0.1) is 0 Å². The first-order valence-electron chi connectivity index (χ1n) is 5.55. The van der Waals surface area contributed by atoms with Crippen LogP contribution in [0, 0.1) is 5.82 Å². The molecule has 0 radical (unpaired) electrons. The van der Waals surface area contributed by atoms with E-state index < -0.39 is 5.67 Å². The van der Waals surface area contributed by atoms with E-state index in [1.807, 2.05) is 13.8 Å². The van der Waals surface area contributed by atoms with Crippen molar-refractivity contribution in [3.05, 3.63) is 48.3 Å². The minimum Gasteiger partial charge on any atom is -0.239 e. The normalized spacial score (nSPS) is 15.4. The molecule has 2 unspecified atom stereocenters. The summed E-state index contributed by atoms with van der Waals surface area (Å²) in [5.74, 6) is -0.624. The van der Waals surface area contributed by atoms with Crippen molar-refractivity contribution in [2.75, 3.05) is 0 Å². The summed E-state index contributed by atoms with van der Waals surface area (Å²) in [6.45, 7) is 10.7. The van der Waals surface area contributed by atoms with Crippen molar-refractivity contribution in [1.82, 2.24) is 0 Å². The van der Waals surface area contributed by atoms with Gasteiger partial charge in [-0.25, -0.2) is 8.78 Å². The summed E-state index contributed by atoms with van der Waals surface area (Å²) in [4.78, 5) is 0. The minimum atomic E-state index is -1.46. The van der Waals surface area contributed by atoms with Crippen LogP contribution in [0.25, 0.3) is 0 Å². The van der Waals surface area contributed by atoms with Gasteiger partial charge >= 0.3 is 0 Å². The van der Waals surface area contributed by atoms with Crippen LogP contribution >= 0.6 is 0 Å². The van der Waals surface area contributed by atoms with E-state index in [1.165, 1.54) is 25.1 Å². The van der Waals surface area contributed by atoms with Crippen LogP contribution < -0.4 is 0 Å². The monoisotopic (exact) mass is 226 g/mol. The topological polar surface area (TPSA) is 0 Å². The van der Waals surface area contributed by atoms with E-state index in [-0.39, 0.29) is 11.7 Å². The fourth-order valence-electron chi connectivity index (χ4n) is 1.25. The van der Waals surface area contributed by atoms with Gasteiger partial charge in [-0.2, -0.15) is 0 Å². The summed E-state index contributed by atoms with van der Waals surface area (Å²) in [6.07, 6.45) is 1.28. The predicted octanol–water partition coefficient (Wildman–Crippen LogP) is 4.87. The van der Waals surface area contributed by atoms with Crippen molar-refractivity contribution in [1.29, 1.82) is 0 Å². The average molecular weight is 226 g/mol. The first kappa shape index (κ1) is 14.8. The van der Waals surface area contributed by atoms with Gasteiger partial charge in [0.1, 0.15) is 11.5 Å². The largest absolute Gasteiger partial charge is 0.239 e. The van der Waals surface area contributed by atoms with Crippen LogP contribution in [0.15, 0.2) is 36.9 Å². The quantitative estimate of drug-likeness (QED) is 0.645. The van der Waals surface area contributed by atoms with E-state index >= 15 is 0 Å². The Morgan fingerprint density at radius 2 is 1.69 bits per heavy atom. The summed E-state index contributed by atoms with van der Waals surface area (Å²) in [5, 5.41) is 0. The Bertz CT molecular complexity index is 312. The smallest absolute Gasteiger partial charge is 0.132 e. The minimum absolute atomic E-state index is 0.305. The highest BCUT2D eigenvalue weighted by molar-refractivity contribution is 5.24. The lowest BCUT2D eigenvalue weighted by molar-refractivity contribution is 0.218. The fraction of sp³-hybridized carbons (Fsp3) is 0.429. The third-order valence-electron chi connectivity index (χ3n) is 2.62. The van der Waals surface area contributed by atoms with Crippen LogP contribution in [0.5, 0.6) is 0 Å². The Morgan fingerprint density at radius 3 is 2.06 bits per heavy atom. The first-order valence-corrected chi connectivity index (χ1v) is 5.55. The molecule has 1 aromatic carbocycles. The third kappa shape index (κ3) is 3.76. The van der Waals surface area contributed by atoms with Crippen LogP contribution in [-0.4, -0.2) is 5.67 Å². The summed E-state index contributed by atoms with van der Waals surface area (Å²) in [7, 11) is 0. The molecule has 0 N–H and O–H groups in total. The molecule has 0 bridgehead atoms. The summed E-state index contributed by atoms with van der Waals surface area (Å²) >= 11 is 0. The van der Waals surface area contributed by atoms with Crippen molar-refractivity contribution < 1.29 is 8.78 Å². The molecule has 16 heavy (non-hydrogen) atoms. The molecule has 1 rings (SSSR count). The molecule has 0 nitrogen and oxygen atoms in total. The lowest BCUT2D eigenvalue weighted by atomic mass is 9.86. The van der Waals surface area contributed by atoms with Crippen molar-refractivity contribution in [3.8, 4) is 0 Å². The first-order chi connectivity index (χ1) is 7.47. The van der Waals surface area contributed by atoms with E-state index in [4.69, 9.17) is 0 Å². The molecule has 0 saturated heterocycles. The molecule has 0 heterocycles. The lowest BCUT2D eigenvalue weighted by Gasteiger charge is -2.24. The number of hydrogen-bond acceptors (Lipinski definition) is 0. The van der Waals surface area contributed by atoms with Crippen LogP contribution in [-0.2, 0) is 0 Å². The third-order valence-corrected chi connectivity index (χ3v) is 2.62. The second-order valence-electron chi connectivity index (χ2n) is 3.63. The summed E-state index contributed by atoms with van der Waals surface area (Å²) in [5.41, 5.74) is -0.686. The Hall–Kier alpha value is -1.18. The van der Waals surface area contributed by atoms with Gasteiger partial charge in [0, 0.05) is 5.92 Å². The van der Waals surface area contributed by atoms with Crippen LogP contribution in [0.2, 0.25) is 0 Å². The van der Waals surface area contributed by atoms with Gasteiger partial charge in [0.2, 0.25) is 0 Å². The highest BCUT2D eigenvalue weighted by atomic mass is 19.1. The molecule has 2 atom stereocenters. The van der Waals surface area contributed by atoms with Crippen LogP contribution in [0.3, 0.4) is 0 Å².